The van der Waals surface area contributed by atoms with E-state index in [2.05, 4.69) is 22.4 Å². The van der Waals surface area contributed by atoms with Gasteiger partial charge in [0.25, 0.3) is 0 Å². The number of rotatable bonds is 4. The van der Waals surface area contributed by atoms with Crippen molar-refractivity contribution in [1.29, 1.82) is 0 Å². The Labute approximate surface area is 141 Å². The van der Waals surface area contributed by atoms with E-state index in [1.165, 1.54) is 18.5 Å². The first-order chi connectivity index (χ1) is 11.2. The first kappa shape index (κ1) is 15.0. The maximum Gasteiger partial charge on any atom is 0.130 e. The number of nitrogens with one attached hydrogen (secondary N) is 2. The van der Waals surface area contributed by atoms with Crippen molar-refractivity contribution in [2.24, 2.45) is 0 Å². The molecule has 0 amide bonds. The van der Waals surface area contributed by atoms with Gasteiger partial charge in [-0.1, -0.05) is 11.6 Å². The molecule has 1 saturated heterocycles. The summed E-state index contributed by atoms with van der Waals surface area (Å²) in [7, 11) is 0. The Balaban J connectivity index is 1.73. The van der Waals surface area contributed by atoms with Gasteiger partial charge in [0, 0.05) is 27.8 Å². The predicted octanol–water partition coefficient (Wildman–Crippen LogP) is 4.05. The Morgan fingerprint density at radius 3 is 2.65 bits per heavy atom. The number of aromatic nitrogens is 2. The van der Waals surface area contributed by atoms with E-state index >= 15 is 0 Å². The lowest BCUT2D eigenvalue weighted by Gasteiger charge is -2.26. The monoisotopic (exact) mass is 331 g/mol. The fourth-order valence-corrected chi connectivity index (χ4v) is 3.63. The van der Waals surface area contributed by atoms with E-state index in [0.717, 1.165) is 53.4 Å². The van der Waals surface area contributed by atoms with Crippen molar-refractivity contribution >= 4 is 11.6 Å². The lowest BCUT2D eigenvalue weighted by molar-refractivity contribution is 0.162. The Kier molecular flexibility index (Phi) is 4.04. The van der Waals surface area contributed by atoms with Crippen LogP contribution < -0.4 is 10.1 Å². The average molecular weight is 332 g/mol. The molecule has 0 unspecified atom stereocenters. The van der Waals surface area contributed by atoms with Crippen LogP contribution in [-0.4, -0.2) is 29.4 Å². The first-order valence-electron chi connectivity index (χ1n) is 8.43. The molecule has 4 nitrogen and oxygen atoms in total. The molecule has 2 fully saturated rings. The standard InChI is InChI=1S/C18H22ClN3O/c1-11-8-13(19)9-15(16-10-21-22-17(16)12-2-3-12)18(11)23-14-4-6-20-7-5-14/h8-10,12,14,20H,2-7H2,1H3,(H,21,22). The highest BCUT2D eigenvalue weighted by atomic mass is 35.5. The van der Waals surface area contributed by atoms with Crippen LogP contribution in [0.15, 0.2) is 18.3 Å². The molecule has 2 aliphatic rings. The second-order valence-electron chi connectivity index (χ2n) is 6.64. The summed E-state index contributed by atoms with van der Waals surface area (Å²) in [6, 6.07) is 4.00. The summed E-state index contributed by atoms with van der Waals surface area (Å²) >= 11 is 6.33. The quantitative estimate of drug-likeness (QED) is 0.888. The van der Waals surface area contributed by atoms with Crippen LogP contribution in [0, 0.1) is 6.92 Å². The molecule has 1 saturated carbocycles. The molecule has 0 spiro atoms. The molecule has 1 aromatic heterocycles. The number of H-pyrrole nitrogens is 1. The number of hydrogen-bond donors (Lipinski definition) is 2. The molecule has 0 bridgehead atoms. The third-order valence-electron chi connectivity index (χ3n) is 4.75. The Morgan fingerprint density at radius 2 is 1.91 bits per heavy atom. The van der Waals surface area contributed by atoms with Gasteiger partial charge in [0.05, 0.1) is 6.20 Å². The average Bonchev–Trinajstić information content (AvgIpc) is 3.28. The number of aromatic amines is 1. The first-order valence-corrected chi connectivity index (χ1v) is 8.81. The summed E-state index contributed by atoms with van der Waals surface area (Å²) in [4.78, 5) is 0. The van der Waals surface area contributed by atoms with Crippen molar-refractivity contribution in [2.75, 3.05) is 13.1 Å². The van der Waals surface area contributed by atoms with Crippen molar-refractivity contribution < 1.29 is 4.74 Å². The lowest BCUT2D eigenvalue weighted by atomic mass is 10.00. The number of halogens is 1. The van der Waals surface area contributed by atoms with Gasteiger partial charge in [-0.15, -0.1) is 0 Å². The fraction of sp³-hybridized carbons (Fsp3) is 0.500. The van der Waals surface area contributed by atoms with E-state index in [4.69, 9.17) is 16.3 Å². The van der Waals surface area contributed by atoms with Crippen LogP contribution in [0.5, 0.6) is 5.75 Å². The molecule has 2 N–H and O–H groups in total. The van der Waals surface area contributed by atoms with E-state index in [9.17, 15) is 0 Å². The van der Waals surface area contributed by atoms with Gasteiger partial charge in [0.15, 0.2) is 0 Å². The van der Waals surface area contributed by atoms with Gasteiger partial charge in [-0.25, -0.2) is 0 Å². The van der Waals surface area contributed by atoms with Crippen molar-refractivity contribution in [3.05, 3.63) is 34.6 Å². The van der Waals surface area contributed by atoms with E-state index < -0.39 is 0 Å². The summed E-state index contributed by atoms with van der Waals surface area (Å²) in [5.74, 6) is 1.57. The van der Waals surface area contributed by atoms with Crippen LogP contribution in [-0.2, 0) is 0 Å². The molecule has 0 atom stereocenters. The van der Waals surface area contributed by atoms with Gasteiger partial charge in [-0.3, -0.25) is 5.10 Å². The van der Waals surface area contributed by atoms with Crippen LogP contribution in [0.4, 0.5) is 0 Å². The topological polar surface area (TPSA) is 49.9 Å². The Bertz CT molecular complexity index is 702. The van der Waals surface area contributed by atoms with Crippen LogP contribution in [0.1, 0.15) is 42.9 Å². The smallest absolute Gasteiger partial charge is 0.130 e. The number of aryl methyl sites for hydroxylation is 1. The van der Waals surface area contributed by atoms with E-state index in [1.807, 2.05) is 18.3 Å². The Morgan fingerprint density at radius 1 is 1.13 bits per heavy atom. The highest BCUT2D eigenvalue weighted by Crippen LogP contribution is 2.46. The second-order valence-corrected chi connectivity index (χ2v) is 7.07. The summed E-state index contributed by atoms with van der Waals surface area (Å²) in [5.41, 5.74) is 4.53. The molecule has 1 aliphatic carbocycles. The summed E-state index contributed by atoms with van der Waals surface area (Å²) in [6.07, 6.45) is 6.74. The maximum absolute atomic E-state index is 6.41. The van der Waals surface area contributed by atoms with Gasteiger partial charge >= 0.3 is 0 Å². The molecule has 2 aromatic rings. The number of piperidine rings is 1. The zero-order valence-corrected chi connectivity index (χ0v) is 14.1. The predicted molar refractivity (Wildman–Crippen MR) is 92.3 cm³/mol. The van der Waals surface area contributed by atoms with E-state index in [0.29, 0.717) is 5.92 Å². The fourth-order valence-electron chi connectivity index (χ4n) is 3.36. The molecule has 1 aromatic carbocycles. The van der Waals surface area contributed by atoms with Gasteiger partial charge < -0.3 is 10.1 Å². The zero-order chi connectivity index (χ0) is 15.8. The van der Waals surface area contributed by atoms with Gasteiger partial charge in [0.2, 0.25) is 0 Å². The molecule has 5 heteroatoms. The van der Waals surface area contributed by atoms with Gasteiger partial charge in [0.1, 0.15) is 11.9 Å². The van der Waals surface area contributed by atoms with Crippen LogP contribution in [0.25, 0.3) is 11.1 Å². The zero-order valence-electron chi connectivity index (χ0n) is 13.4. The van der Waals surface area contributed by atoms with E-state index in [1.54, 1.807) is 0 Å². The molecular formula is C18H22ClN3O. The highest BCUT2D eigenvalue weighted by molar-refractivity contribution is 6.31. The summed E-state index contributed by atoms with van der Waals surface area (Å²) in [5, 5.41) is 11.6. The lowest BCUT2D eigenvalue weighted by Crippen LogP contribution is -2.34. The van der Waals surface area contributed by atoms with Crippen molar-refractivity contribution in [2.45, 2.75) is 44.6 Å². The molecule has 1 aliphatic heterocycles. The number of hydrogen-bond acceptors (Lipinski definition) is 3. The van der Waals surface area contributed by atoms with Crippen molar-refractivity contribution in [3.8, 4) is 16.9 Å². The van der Waals surface area contributed by atoms with Crippen LogP contribution in [0.3, 0.4) is 0 Å². The molecule has 0 radical (unpaired) electrons. The molecule has 23 heavy (non-hydrogen) atoms. The minimum absolute atomic E-state index is 0.270. The molecule has 2 heterocycles. The molecule has 122 valence electrons. The number of benzene rings is 1. The van der Waals surface area contributed by atoms with Crippen LogP contribution in [0.2, 0.25) is 5.02 Å². The third-order valence-corrected chi connectivity index (χ3v) is 4.97. The normalized spacial score (nSPS) is 19.0. The van der Waals surface area contributed by atoms with Gasteiger partial charge in [-0.2, -0.15) is 5.10 Å². The number of nitrogens with zero attached hydrogens (tertiary/aromatic N) is 1. The maximum atomic E-state index is 6.41. The minimum Gasteiger partial charge on any atom is -0.489 e. The highest BCUT2D eigenvalue weighted by Gasteiger charge is 2.30. The molecular weight excluding hydrogens is 310 g/mol. The van der Waals surface area contributed by atoms with Gasteiger partial charge in [-0.05, 0) is 63.4 Å². The number of ether oxygens (including phenoxy) is 1. The SMILES string of the molecule is Cc1cc(Cl)cc(-c2cn[nH]c2C2CC2)c1OC1CCNCC1. The second kappa shape index (κ2) is 6.17. The Hall–Kier alpha value is -1.52. The summed E-state index contributed by atoms with van der Waals surface area (Å²) < 4.78 is 6.41. The minimum atomic E-state index is 0.270. The van der Waals surface area contributed by atoms with Crippen molar-refractivity contribution in [3.63, 3.8) is 0 Å². The summed E-state index contributed by atoms with van der Waals surface area (Å²) in [6.45, 7) is 4.11. The molecule has 4 rings (SSSR count). The van der Waals surface area contributed by atoms with Crippen molar-refractivity contribution in [1.82, 2.24) is 15.5 Å². The van der Waals surface area contributed by atoms with E-state index in [-0.39, 0.29) is 6.10 Å². The van der Waals surface area contributed by atoms with Crippen LogP contribution >= 0.6 is 11.6 Å². The largest absolute Gasteiger partial charge is 0.489 e. The third kappa shape index (κ3) is 3.10.